The molecule has 0 spiro atoms. The number of nitrogens with one attached hydrogen (secondary N) is 1. The van der Waals surface area contributed by atoms with E-state index in [-0.39, 0.29) is 12.5 Å². The van der Waals surface area contributed by atoms with Crippen molar-refractivity contribution in [3.63, 3.8) is 0 Å². The Kier molecular flexibility index (Phi) is 5.48. The van der Waals surface area contributed by atoms with Gasteiger partial charge in [0.25, 0.3) is 5.91 Å². The number of esters is 1. The molecule has 1 amide bonds. The summed E-state index contributed by atoms with van der Waals surface area (Å²) in [4.78, 5) is 25.8. The molecule has 6 nitrogen and oxygen atoms in total. The Morgan fingerprint density at radius 3 is 2.72 bits per heavy atom. The van der Waals surface area contributed by atoms with E-state index in [4.69, 9.17) is 14.2 Å². The summed E-state index contributed by atoms with van der Waals surface area (Å²) in [5.74, 6) is 0.686. The lowest BCUT2D eigenvalue weighted by Gasteiger charge is -2.16. The number of carbonyl (C=O) groups excluding carboxylic acids is 2. The number of hydrogen-bond donors (Lipinski definition) is 1. The molecule has 7 heteroatoms. The van der Waals surface area contributed by atoms with Gasteiger partial charge in [0, 0.05) is 22.5 Å². The number of methoxy groups -OCH3 is 1. The molecule has 0 bridgehead atoms. The van der Waals surface area contributed by atoms with E-state index in [0.29, 0.717) is 18.0 Å². The fraction of sp³-hybridized carbons (Fsp3) is 0.182. The van der Waals surface area contributed by atoms with Crippen LogP contribution in [0.3, 0.4) is 0 Å². The molecular weight excluding hydrogens is 390 g/mol. The monoisotopic (exact) mass is 409 g/mol. The number of rotatable bonds is 6. The van der Waals surface area contributed by atoms with Gasteiger partial charge in [-0.15, -0.1) is 11.3 Å². The summed E-state index contributed by atoms with van der Waals surface area (Å²) in [6.45, 7) is 0.435. The summed E-state index contributed by atoms with van der Waals surface area (Å²) in [6.07, 6.45) is 0. The minimum Gasteiger partial charge on any atom is -0.497 e. The molecule has 1 aliphatic heterocycles. The summed E-state index contributed by atoms with van der Waals surface area (Å²) in [5.41, 5.74) is 2.84. The maximum atomic E-state index is 12.4. The molecular formula is C22H19NO5S. The molecule has 0 radical (unpaired) electrons. The minimum atomic E-state index is -0.513. The van der Waals surface area contributed by atoms with Gasteiger partial charge < -0.3 is 19.5 Å². The number of amides is 1. The second-order valence-electron chi connectivity index (χ2n) is 6.45. The Labute approximate surface area is 172 Å². The molecule has 0 saturated carbocycles. The van der Waals surface area contributed by atoms with Crippen LogP contribution in [-0.4, -0.2) is 25.6 Å². The maximum Gasteiger partial charge on any atom is 0.348 e. The van der Waals surface area contributed by atoms with Crippen LogP contribution in [0, 0.1) is 0 Å². The molecule has 0 fully saturated rings. The number of carbonyl (C=O) groups is 2. The fourth-order valence-corrected chi connectivity index (χ4v) is 4.09. The van der Waals surface area contributed by atoms with E-state index < -0.39 is 5.97 Å². The molecule has 148 valence electrons. The number of hydrogen-bond acceptors (Lipinski definition) is 6. The van der Waals surface area contributed by atoms with Crippen LogP contribution in [0.15, 0.2) is 54.6 Å². The summed E-state index contributed by atoms with van der Waals surface area (Å²) < 4.78 is 16.0. The quantitative estimate of drug-likeness (QED) is 0.627. The number of benzene rings is 2. The van der Waals surface area contributed by atoms with E-state index in [9.17, 15) is 9.59 Å². The molecule has 0 saturated heterocycles. The first-order valence-corrected chi connectivity index (χ1v) is 9.87. The predicted octanol–water partition coefficient (Wildman–Crippen LogP) is 3.79. The Bertz CT molecular complexity index is 1040. The van der Waals surface area contributed by atoms with Gasteiger partial charge in [0.2, 0.25) is 0 Å². The highest BCUT2D eigenvalue weighted by molar-refractivity contribution is 7.17. The first-order chi connectivity index (χ1) is 14.1. The van der Waals surface area contributed by atoms with Gasteiger partial charge >= 0.3 is 5.97 Å². The SMILES string of the molecule is COc1ccc(CNC(=O)COC(=O)c2cc3c(s2)-c2ccccc2OC3)cc1. The van der Waals surface area contributed by atoms with Crippen molar-refractivity contribution >= 4 is 23.2 Å². The van der Waals surface area contributed by atoms with Crippen LogP contribution in [0.25, 0.3) is 10.4 Å². The molecule has 1 aliphatic rings. The Morgan fingerprint density at radius 1 is 1.14 bits per heavy atom. The van der Waals surface area contributed by atoms with Crippen LogP contribution < -0.4 is 14.8 Å². The van der Waals surface area contributed by atoms with Gasteiger partial charge in [-0.05, 0) is 35.9 Å². The third-order valence-electron chi connectivity index (χ3n) is 4.51. The van der Waals surface area contributed by atoms with Crippen LogP contribution >= 0.6 is 11.3 Å². The van der Waals surface area contributed by atoms with Crippen LogP contribution in [0.5, 0.6) is 11.5 Å². The molecule has 1 N–H and O–H groups in total. The molecule has 3 aromatic rings. The van der Waals surface area contributed by atoms with Crippen molar-refractivity contribution < 1.29 is 23.8 Å². The third kappa shape index (κ3) is 4.25. The largest absolute Gasteiger partial charge is 0.497 e. The predicted molar refractivity (Wildman–Crippen MR) is 109 cm³/mol. The highest BCUT2D eigenvalue weighted by atomic mass is 32.1. The molecule has 2 heterocycles. The summed E-state index contributed by atoms with van der Waals surface area (Å²) in [7, 11) is 1.60. The van der Waals surface area contributed by atoms with E-state index in [1.807, 2.05) is 48.5 Å². The van der Waals surface area contributed by atoms with Crippen molar-refractivity contribution in [2.75, 3.05) is 13.7 Å². The topological polar surface area (TPSA) is 73.9 Å². The average molecular weight is 409 g/mol. The average Bonchev–Trinajstić information content (AvgIpc) is 3.21. The highest BCUT2D eigenvalue weighted by Crippen LogP contribution is 2.42. The van der Waals surface area contributed by atoms with Gasteiger partial charge in [0.15, 0.2) is 6.61 Å². The van der Waals surface area contributed by atoms with Gasteiger partial charge in [0.1, 0.15) is 23.0 Å². The van der Waals surface area contributed by atoms with Crippen molar-refractivity contribution in [3.05, 3.63) is 70.6 Å². The van der Waals surface area contributed by atoms with E-state index in [0.717, 1.165) is 33.1 Å². The standard InChI is InChI=1S/C22H19NO5S/c1-26-16-8-6-14(7-9-16)11-23-20(24)13-28-22(25)19-10-15-12-27-18-5-3-2-4-17(18)21(15)29-19/h2-10H,11-13H2,1H3,(H,23,24). The minimum absolute atomic E-state index is 0.329. The normalized spacial score (nSPS) is 11.6. The van der Waals surface area contributed by atoms with Gasteiger partial charge in [-0.25, -0.2) is 4.79 Å². The van der Waals surface area contributed by atoms with Gasteiger partial charge in [-0.1, -0.05) is 24.3 Å². The first kappa shape index (κ1) is 19.0. The maximum absolute atomic E-state index is 12.4. The summed E-state index contributed by atoms with van der Waals surface area (Å²) in [5, 5.41) is 2.73. The lowest BCUT2D eigenvalue weighted by Crippen LogP contribution is -2.28. The molecule has 4 rings (SSSR count). The first-order valence-electron chi connectivity index (χ1n) is 9.05. The van der Waals surface area contributed by atoms with Crippen molar-refractivity contribution in [2.24, 2.45) is 0 Å². The second-order valence-corrected chi connectivity index (χ2v) is 7.50. The summed E-state index contributed by atoms with van der Waals surface area (Å²) >= 11 is 1.35. The number of ether oxygens (including phenoxy) is 3. The zero-order valence-corrected chi connectivity index (χ0v) is 16.6. The van der Waals surface area contributed by atoms with Crippen LogP contribution in [0.4, 0.5) is 0 Å². The molecule has 0 aliphatic carbocycles. The zero-order chi connectivity index (χ0) is 20.2. The van der Waals surface area contributed by atoms with Gasteiger partial charge in [-0.3, -0.25) is 4.79 Å². The molecule has 0 atom stereocenters. The number of fused-ring (bicyclic) bond motifs is 3. The smallest absolute Gasteiger partial charge is 0.348 e. The number of thiophene rings is 1. The van der Waals surface area contributed by atoms with E-state index in [1.165, 1.54) is 11.3 Å². The zero-order valence-electron chi connectivity index (χ0n) is 15.8. The van der Waals surface area contributed by atoms with E-state index in [1.54, 1.807) is 13.2 Å². The molecule has 2 aromatic carbocycles. The number of para-hydroxylation sites is 1. The molecule has 0 unspecified atom stereocenters. The Morgan fingerprint density at radius 2 is 1.93 bits per heavy atom. The van der Waals surface area contributed by atoms with Gasteiger partial charge in [-0.2, -0.15) is 0 Å². The lowest BCUT2D eigenvalue weighted by atomic mass is 10.1. The van der Waals surface area contributed by atoms with E-state index >= 15 is 0 Å². The second kappa shape index (κ2) is 8.36. The van der Waals surface area contributed by atoms with Crippen LogP contribution in [-0.2, 0) is 22.7 Å². The van der Waals surface area contributed by atoms with Crippen molar-refractivity contribution in [1.82, 2.24) is 5.32 Å². The Hall–Kier alpha value is -3.32. The fourth-order valence-electron chi connectivity index (χ4n) is 3.00. The Balaban J connectivity index is 1.32. The highest BCUT2D eigenvalue weighted by Gasteiger charge is 2.23. The van der Waals surface area contributed by atoms with E-state index in [2.05, 4.69) is 5.32 Å². The van der Waals surface area contributed by atoms with Crippen molar-refractivity contribution in [2.45, 2.75) is 13.2 Å². The van der Waals surface area contributed by atoms with Gasteiger partial charge in [0.05, 0.1) is 7.11 Å². The molecule has 1 aromatic heterocycles. The summed E-state index contributed by atoms with van der Waals surface area (Å²) in [6, 6.07) is 16.9. The van der Waals surface area contributed by atoms with Crippen molar-refractivity contribution in [3.8, 4) is 21.9 Å². The third-order valence-corrected chi connectivity index (χ3v) is 5.70. The van der Waals surface area contributed by atoms with Crippen LogP contribution in [0.1, 0.15) is 20.8 Å². The van der Waals surface area contributed by atoms with Crippen LogP contribution in [0.2, 0.25) is 0 Å². The lowest BCUT2D eigenvalue weighted by molar-refractivity contribution is -0.124. The molecule has 29 heavy (non-hydrogen) atoms. The van der Waals surface area contributed by atoms with Crippen molar-refractivity contribution in [1.29, 1.82) is 0 Å².